The standard InChI is InChI=1S/C19H28N2O6/c1-25-15-10-13(11-16(26-2)17(15)27-3)18(23)20-14(12-22)19(24)21-8-6-4-5-7-9-21/h10-11,14,22H,4-9,12H2,1-3H3,(H,20,23)/t14-/m0/s1. The molecule has 2 amide bonds. The number of carbonyl (C=O) groups is 2. The Kier molecular flexibility index (Phi) is 7.72. The molecule has 1 atom stereocenters. The molecule has 1 fully saturated rings. The molecular weight excluding hydrogens is 352 g/mol. The van der Waals surface area contributed by atoms with Crippen molar-refractivity contribution in [3.05, 3.63) is 17.7 Å². The molecule has 1 aliphatic heterocycles. The van der Waals surface area contributed by atoms with E-state index in [1.54, 1.807) is 4.90 Å². The van der Waals surface area contributed by atoms with Crippen LogP contribution in [0.2, 0.25) is 0 Å². The van der Waals surface area contributed by atoms with E-state index >= 15 is 0 Å². The summed E-state index contributed by atoms with van der Waals surface area (Å²) in [5, 5.41) is 12.3. The number of nitrogens with zero attached hydrogens (tertiary/aromatic N) is 1. The third-order valence-electron chi connectivity index (χ3n) is 4.63. The summed E-state index contributed by atoms with van der Waals surface area (Å²) in [6, 6.07) is 2.01. The van der Waals surface area contributed by atoms with Gasteiger partial charge in [-0.2, -0.15) is 0 Å². The first-order chi connectivity index (χ1) is 13.0. The molecule has 0 aliphatic carbocycles. The second-order valence-corrected chi connectivity index (χ2v) is 6.36. The molecule has 1 aliphatic rings. The maximum atomic E-state index is 12.7. The minimum absolute atomic E-state index is 0.242. The van der Waals surface area contributed by atoms with Gasteiger partial charge >= 0.3 is 0 Å². The van der Waals surface area contributed by atoms with Crippen molar-refractivity contribution in [2.75, 3.05) is 41.0 Å². The maximum absolute atomic E-state index is 12.7. The average Bonchev–Trinajstić information content (AvgIpc) is 2.99. The summed E-state index contributed by atoms with van der Waals surface area (Å²) in [6.45, 7) is 0.830. The number of benzene rings is 1. The van der Waals surface area contributed by atoms with Crippen LogP contribution < -0.4 is 19.5 Å². The number of carbonyl (C=O) groups excluding carboxylic acids is 2. The van der Waals surface area contributed by atoms with Crippen molar-refractivity contribution in [2.24, 2.45) is 0 Å². The molecule has 1 aromatic rings. The van der Waals surface area contributed by atoms with Gasteiger partial charge in [0, 0.05) is 18.7 Å². The quantitative estimate of drug-likeness (QED) is 0.738. The Bertz CT molecular complexity index is 631. The second-order valence-electron chi connectivity index (χ2n) is 6.36. The summed E-state index contributed by atoms with van der Waals surface area (Å²) in [7, 11) is 4.39. The predicted octanol–water partition coefficient (Wildman–Crippen LogP) is 1.21. The number of hydrogen-bond acceptors (Lipinski definition) is 6. The van der Waals surface area contributed by atoms with Crippen molar-refractivity contribution in [1.29, 1.82) is 0 Å². The number of aliphatic hydroxyl groups is 1. The van der Waals surface area contributed by atoms with E-state index in [1.807, 2.05) is 0 Å². The summed E-state index contributed by atoms with van der Waals surface area (Å²) < 4.78 is 15.7. The van der Waals surface area contributed by atoms with E-state index in [0.29, 0.717) is 30.3 Å². The molecule has 27 heavy (non-hydrogen) atoms. The molecule has 0 saturated carbocycles. The molecule has 0 spiro atoms. The maximum Gasteiger partial charge on any atom is 0.252 e. The fraction of sp³-hybridized carbons (Fsp3) is 0.579. The zero-order valence-corrected chi connectivity index (χ0v) is 16.1. The van der Waals surface area contributed by atoms with Gasteiger partial charge in [0.1, 0.15) is 6.04 Å². The van der Waals surface area contributed by atoms with Gasteiger partial charge in [-0.15, -0.1) is 0 Å². The predicted molar refractivity (Wildman–Crippen MR) is 99.5 cm³/mol. The lowest BCUT2D eigenvalue weighted by Gasteiger charge is -2.25. The molecule has 0 unspecified atom stereocenters. The van der Waals surface area contributed by atoms with Crippen LogP contribution in [0, 0.1) is 0 Å². The van der Waals surface area contributed by atoms with Gasteiger partial charge < -0.3 is 29.5 Å². The normalized spacial score (nSPS) is 15.5. The zero-order valence-electron chi connectivity index (χ0n) is 16.1. The number of ether oxygens (including phenoxy) is 3. The third kappa shape index (κ3) is 5.03. The van der Waals surface area contributed by atoms with Crippen LogP contribution in [0.1, 0.15) is 36.0 Å². The molecule has 1 aromatic carbocycles. The number of hydrogen-bond donors (Lipinski definition) is 2. The lowest BCUT2D eigenvalue weighted by molar-refractivity contribution is -0.134. The van der Waals surface area contributed by atoms with Gasteiger partial charge in [-0.1, -0.05) is 12.8 Å². The Morgan fingerprint density at radius 3 is 2.04 bits per heavy atom. The highest BCUT2D eigenvalue weighted by atomic mass is 16.5. The summed E-state index contributed by atoms with van der Waals surface area (Å²) in [6.07, 6.45) is 4.05. The highest BCUT2D eigenvalue weighted by Gasteiger charge is 2.27. The van der Waals surface area contributed by atoms with Crippen molar-refractivity contribution >= 4 is 11.8 Å². The van der Waals surface area contributed by atoms with Crippen molar-refractivity contribution in [3.63, 3.8) is 0 Å². The van der Waals surface area contributed by atoms with Crippen LogP contribution in [0.25, 0.3) is 0 Å². The first-order valence-corrected chi connectivity index (χ1v) is 9.06. The average molecular weight is 380 g/mol. The van der Waals surface area contributed by atoms with Crippen LogP contribution >= 0.6 is 0 Å². The molecule has 8 heteroatoms. The minimum atomic E-state index is -0.991. The SMILES string of the molecule is COc1cc(C(=O)N[C@@H](CO)C(=O)N2CCCCCC2)cc(OC)c1OC. The highest BCUT2D eigenvalue weighted by Crippen LogP contribution is 2.38. The van der Waals surface area contributed by atoms with Gasteiger partial charge in [0.05, 0.1) is 27.9 Å². The summed E-state index contributed by atoms with van der Waals surface area (Å²) in [5.41, 5.74) is 0.242. The Hall–Kier alpha value is -2.48. The molecule has 1 heterocycles. The number of nitrogens with one attached hydrogen (secondary N) is 1. The van der Waals surface area contributed by atoms with Gasteiger partial charge in [0.15, 0.2) is 11.5 Å². The van der Waals surface area contributed by atoms with Gasteiger partial charge in [0.25, 0.3) is 5.91 Å². The number of amides is 2. The van der Waals surface area contributed by atoms with Crippen molar-refractivity contribution in [1.82, 2.24) is 10.2 Å². The molecule has 0 radical (unpaired) electrons. The van der Waals surface area contributed by atoms with Gasteiger partial charge in [-0.3, -0.25) is 9.59 Å². The Labute approximate surface area is 159 Å². The van der Waals surface area contributed by atoms with Crippen LogP contribution in [0.3, 0.4) is 0 Å². The molecule has 8 nitrogen and oxygen atoms in total. The molecule has 0 aromatic heterocycles. The molecule has 150 valence electrons. The Morgan fingerprint density at radius 1 is 1.04 bits per heavy atom. The smallest absolute Gasteiger partial charge is 0.252 e. The number of rotatable bonds is 7. The van der Waals surface area contributed by atoms with Crippen LogP contribution in [0.5, 0.6) is 17.2 Å². The summed E-state index contributed by atoms with van der Waals surface area (Å²) >= 11 is 0. The third-order valence-corrected chi connectivity index (χ3v) is 4.63. The minimum Gasteiger partial charge on any atom is -0.493 e. The van der Waals surface area contributed by atoms with Crippen LogP contribution in [0.4, 0.5) is 0 Å². The number of methoxy groups -OCH3 is 3. The van der Waals surface area contributed by atoms with Crippen LogP contribution in [-0.2, 0) is 4.79 Å². The molecule has 2 rings (SSSR count). The van der Waals surface area contributed by atoms with Gasteiger partial charge in [-0.25, -0.2) is 0 Å². The summed E-state index contributed by atoms with van der Waals surface area (Å²) in [5.74, 6) is 0.273. The van der Waals surface area contributed by atoms with Gasteiger partial charge in [-0.05, 0) is 25.0 Å². The monoisotopic (exact) mass is 380 g/mol. The van der Waals surface area contributed by atoms with E-state index in [1.165, 1.54) is 33.5 Å². The molecule has 0 bridgehead atoms. The van der Waals surface area contributed by atoms with E-state index in [4.69, 9.17) is 14.2 Å². The lowest BCUT2D eigenvalue weighted by Crippen LogP contribution is -2.50. The van der Waals surface area contributed by atoms with E-state index in [9.17, 15) is 14.7 Å². The number of aliphatic hydroxyl groups excluding tert-OH is 1. The van der Waals surface area contributed by atoms with E-state index in [-0.39, 0.29) is 11.5 Å². The molecular formula is C19H28N2O6. The van der Waals surface area contributed by atoms with Crippen LogP contribution in [-0.4, -0.2) is 68.9 Å². The van der Waals surface area contributed by atoms with Crippen molar-refractivity contribution in [3.8, 4) is 17.2 Å². The summed E-state index contributed by atoms with van der Waals surface area (Å²) in [4.78, 5) is 27.0. The Balaban J connectivity index is 2.17. The van der Waals surface area contributed by atoms with Gasteiger partial charge in [0.2, 0.25) is 11.7 Å². The van der Waals surface area contributed by atoms with Crippen molar-refractivity contribution in [2.45, 2.75) is 31.7 Å². The topological polar surface area (TPSA) is 97.3 Å². The number of likely N-dealkylation sites (tertiary alicyclic amines) is 1. The first-order valence-electron chi connectivity index (χ1n) is 9.06. The van der Waals surface area contributed by atoms with Crippen LogP contribution in [0.15, 0.2) is 12.1 Å². The lowest BCUT2D eigenvalue weighted by atomic mass is 10.1. The zero-order chi connectivity index (χ0) is 19.8. The van der Waals surface area contributed by atoms with E-state index in [2.05, 4.69) is 5.32 Å². The first kappa shape index (κ1) is 20.8. The van der Waals surface area contributed by atoms with E-state index in [0.717, 1.165) is 25.7 Å². The second kappa shape index (κ2) is 10.0. The Morgan fingerprint density at radius 2 is 1.59 bits per heavy atom. The molecule has 1 saturated heterocycles. The fourth-order valence-electron chi connectivity index (χ4n) is 3.15. The van der Waals surface area contributed by atoms with Crippen molar-refractivity contribution < 1.29 is 28.9 Å². The highest BCUT2D eigenvalue weighted by molar-refractivity contribution is 5.98. The largest absolute Gasteiger partial charge is 0.493 e. The van der Waals surface area contributed by atoms with E-state index < -0.39 is 18.6 Å². The molecule has 2 N–H and O–H groups in total. The fourth-order valence-corrected chi connectivity index (χ4v) is 3.15.